The highest BCUT2D eigenvalue weighted by atomic mass is 127. The zero-order valence-electron chi connectivity index (χ0n) is 10.7. The number of hydrogen-bond acceptors (Lipinski definition) is 3. The van der Waals surface area contributed by atoms with E-state index in [0.29, 0.717) is 19.0 Å². The van der Waals surface area contributed by atoms with E-state index in [1.165, 1.54) is 0 Å². The van der Waals surface area contributed by atoms with E-state index >= 15 is 0 Å². The predicted molar refractivity (Wildman–Crippen MR) is 86.5 cm³/mol. The molecule has 0 bridgehead atoms. The summed E-state index contributed by atoms with van der Waals surface area (Å²) in [4.78, 5) is 4.21. The second-order valence-electron chi connectivity index (χ2n) is 4.06. The van der Waals surface area contributed by atoms with Crippen LogP contribution in [-0.4, -0.2) is 27.1 Å². The van der Waals surface area contributed by atoms with Gasteiger partial charge in [-0.1, -0.05) is 18.2 Å². The highest BCUT2D eigenvalue weighted by Gasteiger charge is 2.03. The maximum Gasteiger partial charge on any atom is 0.189 e. The summed E-state index contributed by atoms with van der Waals surface area (Å²) in [6.07, 6.45) is 1.90. The number of pyridine rings is 1. The van der Waals surface area contributed by atoms with Gasteiger partial charge in [0.25, 0.3) is 0 Å². The lowest BCUT2D eigenvalue weighted by atomic mass is 10.3. The third-order valence-corrected chi connectivity index (χ3v) is 2.35. The van der Waals surface area contributed by atoms with Gasteiger partial charge in [0.2, 0.25) is 0 Å². The number of nitrogens with two attached hydrogens (primary N) is 1. The van der Waals surface area contributed by atoms with Crippen molar-refractivity contribution in [3.8, 4) is 0 Å². The number of halogens is 1. The molecule has 0 spiro atoms. The van der Waals surface area contributed by atoms with Gasteiger partial charge in [-0.15, -0.1) is 34.2 Å². The van der Waals surface area contributed by atoms with Crippen LogP contribution < -0.4 is 11.1 Å². The van der Waals surface area contributed by atoms with Crippen LogP contribution in [0.15, 0.2) is 41.5 Å². The normalized spacial score (nSPS) is 11.1. The van der Waals surface area contributed by atoms with Crippen LogP contribution in [0.25, 0.3) is 5.65 Å². The first-order chi connectivity index (χ1) is 8.66. The second-order valence-corrected chi connectivity index (χ2v) is 4.06. The van der Waals surface area contributed by atoms with Gasteiger partial charge >= 0.3 is 0 Å². The highest BCUT2D eigenvalue weighted by Crippen LogP contribution is 2.03. The molecule has 3 N–H and O–H groups in total. The first-order valence-corrected chi connectivity index (χ1v) is 5.63. The van der Waals surface area contributed by atoms with E-state index in [1.54, 1.807) is 0 Å². The Bertz CT molecular complexity index is 589. The van der Waals surface area contributed by atoms with Crippen molar-refractivity contribution < 1.29 is 0 Å². The molecule has 0 amide bonds. The highest BCUT2D eigenvalue weighted by molar-refractivity contribution is 14.0. The number of fused-ring (bicyclic) bond motifs is 1. The number of rotatable bonds is 4. The summed E-state index contributed by atoms with van der Waals surface area (Å²) in [6.45, 7) is 6.71. The molecule has 7 heteroatoms. The van der Waals surface area contributed by atoms with Crippen LogP contribution in [0.2, 0.25) is 0 Å². The molecule has 2 aromatic rings. The van der Waals surface area contributed by atoms with Crippen molar-refractivity contribution in [1.29, 1.82) is 0 Å². The topological polar surface area (TPSA) is 80.6 Å². The minimum atomic E-state index is 0. The van der Waals surface area contributed by atoms with Crippen LogP contribution in [0.5, 0.6) is 0 Å². The van der Waals surface area contributed by atoms with E-state index in [1.807, 2.05) is 35.7 Å². The quantitative estimate of drug-likeness (QED) is 0.367. The average Bonchev–Trinajstić information content (AvgIpc) is 2.77. The first kappa shape index (κ1) is 15.4. The Morgan fingerprint density at radius 1 is 1.47 bits per heavy atom. The van der Waals surface area contributed by atoms with Gasteiger partial charge in [-0.25, -0.2) is 4.99 Å². The fourth-order valence-corrected chi connectivity index (χ4v) is 1.45. The average molecular weight is 372 g/mol. The van der Waals surface area contributed by atoms with Gasteiger partial charge in [0, 0.05) is 12.7 Å². The van der Waals surface area contributed by atoms with Crippen molar-refractivity contribution in [2.24, 2.45) is 10.7 Å². The molecule has 6 nitrogen and oxygen atoms in total. The van der Waals surface area contributed by atoms with Crippen molar-refractivity contribution in [2.75, 3.05) is 6.54 Å². The molecule has 0 aromatic carbocycles. The van der Waals surface area contributed by atoms with Crippen LogP contribution in [0, 0.1) is 0 Å². The summed E-state index contributed by atoms with van der Waals surface area (Å²) < 4.78 is 1.88. The Morgan fingerprint density at radius 3 is 3.00 bits per heavy atom. The van der Waals surface area contributed by atoms with E-state index in [9.17, 15) is 0 Å². The van der Waals surface area contributed by atoms with Gasteiger partial charge in [-0.2, -0.15) is 0 Å². The van der Waals surface area contributed by atoms with Gasteiger partial charge in [0.1, 0.15) is 6.54 Å². The van der Waals surface area contributed by atoms with E-state index in [4.69, 9.17) is 5.73 Å². The number of aromatic nitrogens is 3. The molecule has 2 rings (SSSR count). The van der Waals surface area contributed by atoms with Crippen LogP contribution in [0.1, 0.15) is 12.7 Å². The zero-order valence-corrected chi connectivity index (χ0v) is 13.0. The lowest BCUT2D eigenvalue weighted by Crippen LogP contribution is -2.32. The Balaban J connectivity index is 0.00000180. The SMILES string of the molecule is C=C(C)CNC(N)=NCc1nnc2ccccn12.I. The number of nitrogens with one attached hydrogen (secondary N) is 1. The molecule has 0 aliphatic carbocycles. The van der Waals surface area contributed by atoms with E-state index < -0.39 is 0 Å². The maximum atomic E-state index is 5.72. The van der Waals surface area contributed by atoms with Crippen LogP contribution in [0.4, 0.5) is 0 Å². The van der Waals surface area contributed by atoms with Crippen LogP contribution in [-0.2, 0) is 6.54 Å². The standard InChI is InChI=1S/C12H16N6.HI/c1-9(2)7-14-12(13)15-8-11-17-16-10-5-3-4-6-18(10)11;/h3-6H,1,7-8H2,2H3,(H3,13,14,15);1H. The Hall–Kier alpha value is -1.64. The molecular formula is C12H17IN6. The molecule has 0 saturated heterocycles. The van der Waals surface area contributed by atoms with Gasteiger partial charge in [-0.3, -0.25) is 4.40 Å². The molecule has 2 heterocycles. The minimum Gasteiger partial charge on any atom is -0.370 e. The monoisotopic (exact) mass is 372 g/mol. The van der Waals surface area contributed by atoms with Crippen LogP contribution in [0.3, 0.4) is 0 Å². The Kier molecular flexibility index (Phi) is 5.74. The predicted octanol–water partition coefficient (Wildman–Crippen LogP) is 1.33. The lowest BCUT2D eigenvalue weighted by molar-refractivity contribution is 0.863. The summed E-state index contributed by atoms with van der Waals surface area (Å²) in [5, 5.41) is 11.1. The molecule has 0 atom stereocenters. The molecule has 2 aromatic heterocycles. The molecule has 0 radical (unpaired) electrons. The smallest absolute Gasteiger partial charge is 0.189 e. The van der Waals surface area contributed by atoms with Crippen molar-refractivity contribution in [1.82, 2.24) is 19.9 Å². The van der Waals surface area contributed by atoms with Gasteiger partial charge in [0.05, 0.1) is 0 Å². The summed E-state index contributed by atoms with van der Waals surface area (Å²) in [7, 11) is 0. The molecule has 0 unspecified atom stereocenters. The molecule has 19 heavy (non-hydrogen) atoms. The fourth-order valence-electron chi connectivity index (χ4n) is 1.45. The van der Waals surface area contributed by atoms with E-state index in [-0.39, 0.29) is 24.0 Å². The molecule has 0 fully saturated rings. The number of hydrogen-bond donors (Lipinski definition) is 2. The number of guanidine groups is 1. The summed E-state index contributed by atoms with van der Waals surface area (Å²) in [5.74, 6) is 1.14. The largest absolute Gasteiger partial charge is 0.370 e. The molecular weight excluding hydrogens is 355 g/mol. The zero-order chi connectivity index (χ0) is 13.0. The third kappa shape index (κ3) is 4.19. The lowest BCUT2D eigenvalue weighted by Gasteiger charge is -2.04. The van der Waals surface area contributed by atoms with Gasteiger partial charge < -0.3 is 11.1 Å². The second kappa shape index (κ2) is 7.07. The number of nitrogens with zero attached hydrogens (tertiary/aromatic N) is 4. The maximum absolute atomic E-state index is 5.72. The van der Waals surface area contributed by atoms with Gasteiger partial charge in [0.15, 0.2) is 17.4 Å². The van der Waals surface area contributed by atoms with Crippen molar-refractivity contribution in [2.45, 2.75) is 13.5 Å². The molecule has 0 aliphatic heterocycles. The molecule has 102 valence electrons. The Morgan fingerprint density at radius 2 is 2.26 bits per heavy atom. The minimum absolute atomic E-state index is 0. The number of aliphatic imine (C=N–C) groups is 1. The van der Waals surface area contributed by atoms with Crippen LogP contribution >= 0.6 is 24.0 Å². The van der Waals surface area contributed by atoms with E-state index in [0.717, 1.165) is 17.0 Å². The summed E-state index contributed by atoms with van der Waals surface area (Å²) >= 11 is 0. The fraction of sp³-hybridized carbons (Fsp3) is 0.250. The summed E-state index contributed by atoms with van der Waals surface area (Å²) in [6, 6.07) is 5.73. The van der Waals surface area contributed by atoms with Crippen molar-refractivity contribution >= 4 is 35.6 Å². The van der Waals surface area contributed by atoms with Crippen molar-refractivity contribution in [3.05, 3.63) is 42.4 Å². The van der Waals surface area contributed by atoms with E-state index in [2.05, 4.69) is 27.1 Å². The third-order valence-electron chi connectivity index (χ3n) is 2.35. The molecule has 0 saturated carbocycles. The Labute approximate surface area is 128 Å². The molecule has 0 aliphatic rings. The van der Waals surface area contributed by atoms with Gasteiger partial charge in [-0.05, 0) is 19.1 Å². The summed E-state index contributed by atoms with van der Waals surface area (Å²) in [5.41, 5.74) is 7.53. The first-order valence-electron chi connectivity index (χ1n) is 5.63. The van der Waals surface area contributed by atoms with Crippen molar-refractivity contribution in [3.63, 3.8) is 0 Å².